The Labute approximate surface area is 152 Å². The van der Waals surface area contributed by atoms with E-state index in [0.717, 1.165) is 0 Å². The van der Waals surface area contributed by atoms with Gasteiger partial charge in [0.2, 0.25) is 11.8 Å². The van der Waals surface area contributed by atoms with Crippen LogP contribution in [0.4, 0.5) is 0 Å². The van der Waals surface area contributed by atoms with Gasteiger partial charge in [-0.2, -0.15) is 0 Å². The molecule has 1 unspecified atom stereocenters. The van der Waals surface area contributed by atoms with Crippen LogP contribution in [-0.4, -0.2) is 29.1 Å². The lowest BCUT2D eigenvalue weighted by Gasteiger charge is -2.18. The van der Waals surface area contributed by atoms with E-state index in [1.54, 1.807) is 6.92 Å². The van der Waals surface area contributed by atoms with Gasteiger partial charge in [-0.05, 0) is 13.0 Å². The van der Waals surface area contributed by atoms with Crippen LogP contribution in [0.15, 0.2) is 27.4 Å². The summed E-state index contributed by atoms with van der Waals surface area (Å²) in [6.07, 6.45) is -0.135. The molecule has 3 aromatic rings. The Morgan fingerprint density at radius 2 is 1.89 bits per heavy atom. The molecule has 0 saturated carbocycles. The van der Waals surface area contributed by atoms with E-state index >= 15 is 0 Å². The number of imide groups is 1. The number of phenols is 1. The average molecular weight is 369 g/mol. The van der Waals surface area contributed by atoms with E-state index in [1.807, 2.05) is 0 Å². The molecule has 4 rings (SSSR count). The van der Waals surface area contributed by atoms with Crippen LogP contribution in [-0.2, 0) is 9.59 Å². The van der Waals surface area contributed by atoms with Crippen LogP contribution in [0.3, 0.4) is 0 Å². The van der Waals surface area contributed by atoms with Gasteiger partial charge in [0.1, 0.15) is 34.0 Å². The lowest BCUT2D eigenvalue weighted by Crippen LogP contribution is -2.21. The van der Waals surface area contributed by atoms with Crippen molar-refractivity contribution in [2.75, 3.05) is 7.11 Å². The fourth-order valence-electron chi connectivity index (χ4n) is 3.63. The second-order valence-corrected chi connectivity index (χ2v) is 6.43. The van der Waals surface area contributed by atoms with Crippen LogP contribution >= 0.6 is 0 Å². The van der Waals surface area contributed by atoms with Crippen molar-refractivity contribution in [1.82, 2.24) is 5.32 Å². The van der Waals surface area contributed by atoms with Gasteiger partial charge in [-0.25, -0.2) is 0 Å². The zero-order valence-corrected chi connectivity index (χ0v) is 14.5. The second kappa shape index (κ2) is 5.73. The van der Waals surface area contributed by atoms with E-state index in [2.05, 4.69) is 5.32 Å². The number of phenolic OH excluding ortho intramolecular Hbond substituents is 1. The molecule has 2 heterocycles. The zero-order chi connectivity index (χ0) is 19.5. The summed E-state index contributed by atoms with van der Waals surface area (Å²) in [4.78, 5) is 36.3. The Bertz CT molecular complexity index is 1210. The minimum atomic E-state index is -0.931. The van der Waals surface area contributed by atoms with Crippen molar-refractivity contribution >= 4 is 33.6 Å². The quantitative estimate of drug-likeness (QED) is 0.464. The van der Waals surface area contributed by atoms with Gasteiger partial charge >= 0.3 is 0 Å². The van der Waals surface area contributed by atoms with Crippen LogP contribution in [0.5, 0.6) is 17.2 Å². The van der Waals surface area contributed by atoms with Gasteiger partial charge in [0, 0.05) is 29.5 Å². The number of hydrogen-bond acceptors (Lipinski definition) is 7. The van der Waals surface area contributed by atoms with E-state index in [9.17, 15) is 24.6 Å². The molecule has 0 aliphatic carbocycles. The summed E-state index contributed by atoms with van der Waals surface area (Å²) in [7, 11) is 1.34. The predicted octanol–water partition coefficient (Wildman–Crippen LogP) is 1.80. The van der Waals surface area contributed by atoms with Crippen molar-refractivity contribution < 1.29 is 29.0 Å². The van der Waals surface area contributed by atoms with Crippen LogP contribution in [0.1, 0.15) is 23.7 Å². The third-order valence-corrected chi connectivity index (χ3v) is 4.71. The summed E-state index contributed by atoms with van der Waals surface area (Å²) in [5.41, 5.74) is -0.114. The second-order valence-electron chi connectivity index (χ2n) is 6.43. The maximum absolute atomic E-state index is 12.4. The molecule has 1 atom stereocenters. The third-order valence-electron chi connectivity index (χ3n) is 4.71. The molecule has 8 heteroatoms. The summed E-state index contributed by atoms with van der Waals surface area (Å²) in [5.74, 6) is -2.11. The van der Waals surface area contributed by atoms with Crippen LogP contribution in [0.2, 0.25) is 0 Å². The average Bonchev–Trinajstić information content (AvgIpc) is 2.91. The topological polar surface area (TPSA) is 126 Å². The van der Waals surface area contributed by atoms with Crippen molar-refractivity contribution in [3.05, 3.63) is 39.7 Å². The number of rotatable bonds is 2. The minimum Gasteiger partial charge on any atom is -0.507 e. The molecular weight excluding hydrogens is 354 g/mol. The van der Waals surface area contributed by atoms with Gasteiger partial charge in [0.25, 0.3) is 0 Å². The number of benzene rings is 2. The third kappa shape index (κ3) is 2.41. The fourth-order valence-corrected chi connectivity index (χ4v) is 3.63. The Hall–Kier alpha value is -3.55. The number of carbonyl (C=O) groups excluding carboxylic acids is 2. The summed E-state index contributed by atoms with van der Waals surface area (Å²) < 4.78 is 10.9. The summed E-state index contributed by atoms with van der Waals surface area (Å²) in [6, 6.07) is 3.77. The van der Waals surface area contributed by atoms with E-state index in [4.69, 9.17) is 9.15 Å². The lowest BCUT2D eigenvalue weighted by atomic mass is 9.89. The first kappa shape index (κ1) is 16.9. The molecule has 0 radical (unpaired) electrons. The van der Waals surface area contributed by atoms with Crippen LogP contribution in [0, 0.1) is 6.92 Å². The minimum absolute atomic E-state index is 0.0211. The first-order valence-electron chi connectivity index (χ1n) is 8.15. The smallest absolute Gasteiger partial charge is 0.234 e. The first-order valence-corrected chi connectivity index (χ1v) is 8.15. The number of aryl methyl sites for hydroxylation is 1. The normalized spacial score (nSPS) is 16.9. The van der Waals surface area contributed by atoms with Gasteiger partial charge in [-0.3, -0.25) is 19.7 Å². The maximum atomic E-state index is 12.4. The molecule has 1 aliphatic heterocycles. The highest BCUT2D eigenvalue weighted by molar-refractivity contribution is 6.15. The number of ether oxygens (including phenoxy) is 1. The monoisotopic (exact) mass is 369 g/mol. The predicted molar refractivity (Wildman–Crippen MR) is 95.1 cm³/mol. The summed E-state index contributed by atoms with van der Waals surface area (Å²) >= 11 is 0. The number of hydrogen-bond donors (Lipinski definition) is 3. The van der Waals surface area contributed by atoms with E-state index < -0.39 is 23.2 Å². The number of amides is 2. The molecule has 1 fully saturated rings. The van der Waals surface area contributed by atoms with Crippen molar-refractivity contribution in [1.29, 1.82) is 0 Å². The Morgan fingerprint density at radius 3 is 2.52 bits per heavy atom. The van der Waals surface area contributed by atoms with Gasteiger partial charge in [0.05, 0.1) is 18.4 Å². The summed E-state index contributed by atoms with van der Waals surface area (Å²) in [5, 5.41) is 23.8. The number of fused-ring (bicyclic) bond motifs is 2. The SMILES string of the molecule is COc1cc(=O)cc2c(C3CC(=O)NC3=O)c3oc(C)cc(O)c3c(O)c12. The fraction of sp³-hybridized carbons (Fsp3) is 0.211. The van der Waals surface area contributed by atoms with Crippen molar-refractivity contribution in [2.45, 2.75) is 19.3 Å². The molecule has 0 spiro atoms. The molecule has 27 heavy (non-hydrogen) atoms. The van der Waals surface area contributed by atoms with Crippen molar-refractivity contribution in [2.24, 2.45) is 0 Å². The molecule has 2 amide bonds. The number of aromatic hydroxyl groups is 2. The van der Waals surface area contributed by atoms with Gasteiger partial charge in [-0.1, -0.05) is 0 Å². The van der Waals surface area contributed by atoms with Crippen molar-refractivity contribution in [3.63, 3.8) is 0 Å². The highest BCUT2D eigenvalue weighted by atomic mass is 16.5. The number of nitrogens with one attached hydrogen (secondary N) is 1. The Kier molecular flexibility index (Phi) is 3.59. The molecule has 3 N–H and O–H groups in total. The van der Waals surface area contributed by atoms with Gasteiger partial charge in [0.15, 0.2) is 5.43 Å². The van der Waals surface area contributed by atoms with Gasteiger partial charge in [-0.15, -0.1) is 0 Å². The molecular formula is C19H15NO7. The highest BCUT2D eigenvalue weighted by Gasteiger charge is 2.37. The lowest BCUT2D eigenvalue weighted by molar-refractivity contribution is -0.125. The first-order chi connectivity index (χ1) is 12.8. The largest absolute Gasteiger partial charge is 0.507 e. The molecule has 138 valence electrons. The zero-order valence-electron chi connectivity index (χ0n) is 14.5. The molecule has 2 aromatic carbocycles. The summed E-state index contributed by atoms with van der Waals surface area (Å²) in [6.45, 7) is 1.59. The molecule has 0 bridgehead atoms. The van der Waals surface area contributed by atoms with E-state index in [1.165, 1.54) is 25.3 Å². The van der Waals surface area contributed by atoms with E-state index in [0.29, 0.717) is 5.76 Å². The molecule has 1 aromatic heterocycles. The van der Waals surface area contributed by atoms with Crippen molar-refractivity contribution in [3.8, 4) is 17.2 Å². The highest BCUT2D eigenvalue weighted by Crippen LogP contribution is 2.48. The number of carbonyl (C=O) groups is 2. The molecule has 8 nitrogen and oxygen atoms in total. The molecule has 1 saturated heterocycles. The van der Waals surface area contributed by atoms with Crippen LogP contribution in [0.25, 0.3) is 21.7 Å². The Balaban J connectivity index is 2.29. The van der Waals surface area contributed by atoms with Crippen LogP contribution < -0.4 is 15.5 Å². The van der Waals surface area contributed by atoms with Gasteiger partial charge < -0.3 is 19.4 Å². The maximum Gasteiger partial charge on any atom is 0.234 e. The number of methoxy groups -OCH3 is 1. The standard InChI is InChI=1S/C19H15NO7/c1-7-3-11(22)16-17(24)15-9(4-8(21)5-12(15)26-2)14(18(16)27-7)10-6-13(23)20-19(10)25/h3-5,10,22,24H,6H2,1-2H3,(H,20,23,25). The molecule has 1 aliphatic rings. The Morgan fingerprint density at radius 1 is 1.15 bits per heavy atom. The van der Waals surface area contributed by atoms with E-state index in [-0.39, 0.29) is 51.0 Å².